The summed E-state index contributed by atoms with van der Waals surface area (Å²) in [5.74, 6) is -4.71. The summed E-state index contributed by atoms with van der Waals surface area (Å²) in [6.45, 7) is 1.53. The number of fused-ring (bicyclic) bond motifs is 1. The highest BCUT2D eigenvalue weighted by Gasteiger charge is 2.35. The SMILES string of the molecule is C[C@H]1CCCC(O)C(=O)C(=O)C[C@H](O)[C@@H](O)c2c(Cl)c(O)cc(O)c2C(=O)O1. The Hall–Kier alpha value is -2.20. The van der Waals surface area contributed by atoms with Gasteiger partial charge in [0.1, 0.15) is 29.3 Å². The van der Waals surface area contributed by atoms with Gasteiger partial charge in [-0.05, 0) is 26.2 Å². The number of halogens is 1. The maximum Gasteiger partial charge on any atom is 0.342 e. The highest BCUT2D eigenvalue weighted by atomic mass is 35.5. The Morgan fingerprint density at radius 3 is 2.36 bits per heavy atom. The third kappa shape index (κ3) is 4.61. The molecule has 154 valence electrons. The number of aromatic hydroxyl groups is 2. The van der Waals surface area contributed by atoms with E-state index in [0.717, 1.165) is 6.07 Å². The molecule has 2 rings (SSSR count). The molecule has 0 saturated carbocycles. The maximum absolute atomic E-state index is 12.5. The summed E-state index contributed by atoms with van der Waals surface area (Å²) in [6, 6.07) is 0.778. The van der Waals surface area contributed by atoms with Gasteiger partial charge in [-0.25, -0.2) is 4.79 Å². The number of aliphatic hydroxyl groups is 3. The van der Waals surface area contributed by atoms with Crippen LogP contribution in [-0.4, -0.2) is 61.4 Å². The van der Waals surface area contributed by atoms with Crippen molar-refractivity contribution in [2.24, 2.45) is 0 Å². The molecule has 0 radical (unpaired) electrons. The van der Waals surface area contributed by atoms with E-state index >= 15 is 0 Å². The predicted octanol–water partition coefficient (Wildman–Crippen LogP) is 0.764. The van der Waals surface area contributed by atoms with Gasteiger partial charge in [0.15, 0.2) is 0 Å². The zero-order chi connectivity index (χ0) is 21.2. The second kappa shape index (κ2) is 8.87. The highest BCUT2D eigenvalue weighted by molar-refractivity contribution is 6.39. The van der Waals surface area contributed by atoms with Crippen LogP contribution in [0.3, 0.4) is 0 Å². The van der Waals surface area contributed by atoms with Crippen LogP contribution in [-0.2, 0) is 14.3 Å². The van der Waals surface area contributed by atoms with E-state index in [1.165, 1.54) is 6.92 Å². The average molecular weight is 417 g/mol. The minimum atomic E-state index is -2.01. The lowest BCUT2D eigenvalue weighted by Crippen LogP contribution is -2.33. The second-order valence-corrected chi connectivity index (χ2v) is 7.06. The molecule has 1 aromatic rings. The van der Waals surface area contributed by atoms with Gasteiger partial charge in [-0.15, -0.1) is 0 Å². The van der Waals surface area contributed by atoms with Crippen molar-refractivity contribution in [3.63, 3.8) is 0 Å². The number of ether oxygens (including phenoxy) is 1. The van der Waals surface area contributed by atoms with Gasteiger partial charge in [-0.2, -0.15) is 0 Å². The number of ketones is 2. The molecule has 1 aliphatic rings. The molecular weight excluding hydrogens is 396 g/mol. The zero-order valence-corrected chi connectivity index (χ0v) is 15.7. The van der Waals surface area contributed by atoms with Gasteiger partial charge in [0.2, 0.25) is 11.6 Å². The topological polar surface area (TPSA) is 162 Å². The lowest BCUT2D eigenvalue weighted by atomic mass is 9.92. The van der Waals surface area contributed by atoms with Crippen molar-refractivity contribution >= 4 is 29.1 Å². The molecule has 0 saturated heterocycles. The van der Waals surface area contributed by atoms with E-state index in [4.69, 9.17) is 16.3 Å². The molecular formula is C18H21ClO9. The number of cyclic esters (lactones) is 1. The van der Waals surface area contributed by atoms with Crippen LogP contribution in [0.25, 0.3) is 0 Å². The van der Waals surface area contributed by atoms with Gasteiger partial charge in [0.05, 0.1) is 17.2 Å². The molecule has 0 aliphatic carbocycles. The first-order valence-electron chi connectivity index (χ1n) is 8.61. The summed E-state index contributed by atoms with van der Waals surface area (Å²) < 4.78 is 5.20. The fourth-order valence-corrected chi connectivity index (χ4v) is 3.21. The number of carbonyl (C=O) groups excluding carboxylic acids is 3. The second-order valence-electron chi connectivity index (χ2n) is 6.68. The number of carbonyl (C=O) groups is 3. The quantitative estimate of drug-likeness (QED) is 0.303. The molecule has 1 heterocycles. The van der Waals surface area contributed by atoms with Crippen LogP contribution in [0.5, 0.6) is 11.5 Å². The lowest BCUT2D eigenvalue weighted by Gasteiger charge is -2.24. The van der Waals surface area contributed by atoms with Gasteiger partial charge < -0.3 is 30.3 Å². The number of phenolic OH excluding ortho intramolecular Hbond substituents is 2. The largest absolute Gasteiger partial charge is 0.507 e. The van der Waals surface area contributed by atoms with E-state index in [9.17, 15) is 39.9 Å². The fourth-order valence-electron chi connectivity index (χ4n) is 2.95. The Balaban J connectivity index is 2.55. The number of rotatable bonds is 0. The zero-order valence-electron chi connectivity index (χ0n) is 15.0. The molecule has 9 nitrogen and oxygen atoms in total. The number of hydrogen-bond donors (Lipinski definition) is 5. The molecule has 1 aliphatic heterocycles. The summed E-state index contributed by atoms with van der Waals surface area (Å²) in [7, 11) is 0. The number of Topliss-reactive ketones (excluding diaryl/α,β-unsaturated/α-hetero) is 2. The molecule has 1 aromatic carbocycles. The first-order chi connectivity index (χ1) is 13.0. The fraction of sp³-hybridized carbons (Fsp3) is 0.500. The molecule has 0 aromatic heterocycles. The van der Waals surface area contributed by atoms with E-state index in [1.807, 2.05) is 0 Å². The van der Waals surface area contributed by atoms with Crippen molar-refractivity contribution in [1.82, 2.24) is 0 Å². The van der Waals surface area contributed by atoms with Crippen molar-refractivity contribution in [1.29, 1.82) is 0 Å². The summed E-state index contributed by atoms with van der Waals surface area (Å²) >= 11 is 5.95. The average Bonchev–Trinajstić information content (AvgIpc) is 2.61. The summed E-state index contributed by atoms with van der Waals surface area (Å²) in [5.41, 5.74) is -1.11. The molecule has 28 heavy (non-hydrogen) atoms. The first kappa shape index (κ1) is 22.1. The van der Waals surface area contributed by atoms with Crippen LogP contribution in [0.4, 0.5) is 0 Å². The molecule has 0 bridgehead atoms. The standard InChI is InChI=1S/C18H21ClO9/c1-7-3-2-4-8(20)16(25)11(23)6-12(24)17(26)14-13(18(27)28-7)9(21)5-10(22)15(14)19/h5,7-8,12,17,20-22,24,26H,2-4,6H2,1H3/t7-,8?,12-,17+/m0/s1. The van der Waals surface area contributed by atoms with Crippen LogP contribution in [0.1, 0.15) is 54.6 Å². The Labute approximate surface area is 165 Å². The summed E-state index contributed by atoms with van der Waals surface area (Å²) in [6.07, 6.45) is -6.61. The van der Waals surface area contributed by atoms with Crippen molar-refractivity contribution in [2.45, 2.75) is 57.0 Å². The van der Waals surface area contributed by atoms with Crippen molar-refractivity contribution < 1.29 is 44.7 Å². The predicted molar refractivity (Wildman–Crippen MR) is 95.1 cm³/mol. The van der Waals surface area contributed by atoms with Crippen LogP contribution >= 0.6 is 11.6 Å². The van der Waals surface area contributed by atoms with Crippen LogP contribution in [0.15, 0.2) is 6.07 Å². The van der Waals surface area contributed by atoms with Gasteiger partial charge in [-0.1, -0.05) is 11.6 Å². The Morgan fingerprint density at radius 2 is 1.71 bits per heavy atom. The number of hydrogen-bond acceptors (Lipinski definition) is 9. The minimum absolute atomic E-state index is 0.0490. The van der Waals surface area contributed by atoms with E-state index in [0.29, 0.717) is 0 Å². The number of esters is 1. The molecule has 4 atom stereocenters. The monoisotopic (exact) mass is 416 g/mol. The Morgan fingerprint density at radius 1 is 1.07 bits per heavy atom. The normalized spacial score (nSPS) is 27.7. The maximum atomic E-state index is 12.5. The molecule has 10 heteroatoms. The Kier molecular flexibility index (Phi) is 7.00. The van der Waals surface area contributed by atoms with E-state index < -0.39 is 76.0 Å². The minimum Gasteiger partial charge on any atom is -0.507 e. The van der Waals surface area contributed by atoms with Crippen molar-refractivity contribution in [2.75, 3.05) is 0 Å². The van der Waals surface area contributed by atoms with Crippen LogP contribution < -0.4 is 0 Å². The molecule has 0 amide bonds. The van der Waals surface area contributed by atoms with Crippen molar-refractivity contribution in [3.05, 3.63) is 22.2 Å². The van der Waals surface area contributed by atoms with Gasteiger partial charge in [0.25, 0.3) is 0 Å². The molecule has 1 unspecified atom stereocenters. The third-order valence-corrected chi connectivity index (χ3v) is 4.89. The van der Waals surface area contributed by atoms with E-state index in [2.05, 4.69) is 0 Å². The van der Waals surface area contributed by atoms with Gasteiger partial charge in [-0.3, -0.25) is 9.59 Å². The van der Waals surface area contributed by atoms with Crippen LogP contribution in [0.2, 0.25) is 5.02 Å². The first-order valence-corrected chi connectivity index (χ1v) is 8.98. The highest BCUT2D eigenvalue weighted by Crippen LogP contribution is 2.41. The lowest BCUT2D eigenvalue weighted by molar-refractivity contribution is -0.143. The molecule has 5 N–H and O–H groups in total. The van der Waals surface area contributed by atoms with E-state index in [-0.39, 0.29) is 19.3 Å². The number of benzene rings is 1. The van der Waals surface area contributed by atoms with E-state index in [1.54, 1.807) is 0 Å². The number of aliphatic hydroxyl groups excluding tert-OH is 3. The molecule has 0 fully saturated rings. The summed E-state index contributed by atoms with van der Waals surface area (Å²) in [5, 5.41) is 49.8. The van der Waals surface area contributed by atoms with Gasteiger partial charge >= 0.3 is 5.97 Å². The van der Waals surface area contributed by atoms with Crippen molar-refractivity contribution in [3.8, 4) is 11.5 Å². The van der Waals surface area contributed by atoms with Crippen LogP contribution in [0, 0.1) is 0 Å². The smallest absolute Gasteiger partial charge is 0.342 e. The Bertz CT molecular complexity index is 792. The molecule has 0 spiro atoms. The summed E-state index contributed by atoms with van der Waals surface area (Å²) in [4.78, 5) is 36.5. The number of phenols is 2. The van der Waals surface area contributed by atoms with Gasteiger partial charge in [0, 0.05) is 18.1 Å². The third-order valence-electron chi connectivity index (χ3n) is 4.49.